The summed E-state index contributed by atoms with van der Waals surface area (Å²) in [7, 11) is 0. The highest BCUT2D eigenvalue weighted by Gasteiger charge is 2.09. The summed E-state index contributed by atoms with van der Waals surface area (Å²) < 4.78 is 0. The Morgan fingerprint density at radius 3 is 2.94 bits per heavy atom. The molecule has 0 saturated heterocycles. The average molecular weight is 216 g/mol. The van der Waals surface area contributed by atoms with E-state index in [1.54, 1.807) is 24.3 Å². The number of aromatic nitrogens is 2. The number of aromatic amines is 1. The van der Waals surface area contributed by atoms with Gasteiger partial charge in [-0.15, -0.1) is 0 Å². The monoisotopic (exact) mass is 216 g/mol. The van der Waals surface area contributed by atoms with Gasteiger partial charge in [-0.2, -0.15) is 5.10 Å². The van der Waals surface area contributed by atoms with Crippen LogP contribution in [0.15, 0.2) is 34.2 Å². The largest absolute Gasteiger partial charge is 0.307 e. The molecule has 1 aromatic heterocycles. The summed E-state index contributed by atoms with van der Waals surface area (Å²) in [5.74, 6) is -0.686. The van der Waals surface area contributed by atoms with Crippen LogP contribution in [0.1, 0.15) is 10.6 Å². The zero-order valence-electron chi connectivity index (χ0n) is 8.23. The van der Waals surface area contributed by atoms with Crippen molar-refractivity contribution in [3.05, 3.63) is 40.4 Å². The third kappa shape index (κ3) is 1.68. The van der Waals surface area contributed by atoms with Gasteiger partial charge >= 0.3 is 5.91 Å². The Kier molecular flexibility index (Phi) is 2.47. The van der Waals surface area contributed by atoms with Crippen LogP contribution in [0.2, 0.25) is 0 Å². The summed E-state index contributed by atoms with van der Waals surface area (Å²) >= 11 is 0. The number of para-hydroxylation sites is 1. The summed E-state index contributed by atoms with van der Waals surface area (Å²) in [4.78, 5) is 29.3. The molecule has 0 aliphatic heterocycles. The second-order valence-corrected chi connectivity index (χ2v) is 3.03. The number of hydrogen-bond donors (Lipinski definition) is 2. The van der Waals surface area contributed by atoms with E-state index in [0.717, 1.165) is 0 Å². The lowest BCUT2D eigenvalue weighted by Gasteiger charge is -2.00. The summed E-state index contributed by atoms with van der Waals surface area (Å²) in [5.41, 5.74) is 2.19. The molecule has 2 aromatic rings. The van der Waals surface area contributed by atoms with Gasteiger partial charge in [-0.25, -0.2) is 10.4 Å². The van der Waals surface area contributed by atoms with Crippen molar-refractivity contribution in [3.63, 3.8) is 0 Å². The minimum Gasteiger partial charge on any atom is -0.302 e. The van der Waals surface area contributed by atoms with Crippen molar-refractivity contribution < 1.29 is 4.79 Å². The molecule has 0 saturated carbocycles. The number of nitrogens with zero attached hydrogens (tertiary/aromatic N) is 2. The average Bonchev–Trinajstić information content (AvgIpc) is 2.29. The third-order valence-corrected chi connectivity index (χ3v) is 2.01. The quantitative estimate of drug-likeness (QED) is 0.558. The van der Waals surface area contributed by atoms with Crippen LogP contribution < -0.4 is 11.0 Å². The van der Waals surface area contributed by atoms with Gasteiger partial charge in [0.2, 0.25) is 5.82 Å². The number of nitrogens with one attached hydrogen (secondary N) is 2. The maximum atomic E-state index is 11.6. The third-order valence-electron chi connectivity index (χ3n) is 2.01. The predicted octanol–water partition coefficient (Wildman–Crippen LogP) is 0.269. The number of hydrazone groups is 1. The maximum Gasteiger partial charge on any atom is 0.307 e. The zero-order valence-corrected chi connectivity index (χ0v) is 8.23. The zero-order chi connectivity index (χ0) is 11.5. The van der Waals surface area contributed by atoms with Crippen LogP contribution in [-0.2, 0) is 0 Å². The molecule has 16 heavy (non-hydrogen) atoms. The standard InChI is InChI=1S/C10H8N4O2/c1-11-14-10(16)8-12-7-5-3-2-4-6(7)9(15)13-8/h2-5H,1H2,(H,14,16)(H,12,13,15). The van der Waals surface area contributed by atoms with Crippen molar-refractivity contribution in [2.75, 3.05) is 0 Å². The summed E-state index contributed by atoms with van der Waals surface area (Å²) in [6.07, 6.45) is 0. The molecule has 0 aliphatic carbocycles. The van der Waals surface area contributed by atoms with Crippen molar-refractivity contribution in [3.8, 4) is 0 Å². The SMILES string of the molecule is C=NNC(=O)c1nc2ccccc2c(=O)[nH]1. The Morgan fingerprint density at radius 1 is 1.44 bits per heavy atom. The van der Waals surface area contributed by atoms with Gasteiger partial charge in [0.15, 0.2) is 0 Å². The van der Waals surface area contributed by atoms with Crippen molar-refractivity contribution in [1.29, 1.82) is 0 Å². The van der Waals surface area contributed by atoms with Gasteiger partial charge in [-0.05, 0) is 12.1 Å². The lowest BCUT2D eigenvalue weighted by Crippen LogP contribution is -2.23. The molecular weight excluding hydrogens is 208 g/mol. The van der Waals surface area contributed by atoms with Crippen LogP contribution in [0.3, 0.4) is 0 Å². The lowest BCUT2D eigenvalue weighted by molar-refractivity contribution is 0.0945. The van der Waals surface area contributed by atoms with E-state index < -0.39 is 5.91 Å². The van der Waals surface area contributed by atoms with Crippen molar-refractivity contribution in [2.24, 2.45) is 5.10 Å². The fourth-order valence-electron chi connectivity index (χ4n) is 1.32. The van der Waals surface area contributed by atoms with Gasteiger partial charge in [0, 0.05) is 6.72 Å². The molecule has 80 valence electrons. The Balaban J connectivity index is 2.62. The second-order valence-electron chi connectivity index (χ2n) is 3.03. The molecule has 0 fully saturated rings. The van der Waals surface area contributed by atoms with Crippen LogP contribution in [-0.4, -0.2) is 22.6 Å². The highest BCUT2D eigenvalue weighted by molar-refractivity contribution is 5.92. The topological polar surface area (TPSA) is 87.2 Å². The molecule has 0 bridgehead atoms. The Labute approximate surface area is 90.0 Å². The number of H-pyrrole nitrogens is 1. The lowest BCUT2D eigenvalue weighted by atomic mass is 10.2. The summed E-state index contributed by atoms with van der Waals surface area (Å²) in [6.45, 7) is 3.11. The minimum absolute atomic E-state index is 0.0869. The molecule has 1 heterocycles. The molecule has 0 radical (unpaired) electrons. The number of fused-ring (bicyclic) bond motifs is 1. The van der Waals surface area contributed by atoms with E-state index in [9.17, 15) is 9.59 Å². The fourth-order valence-corrected chi connectivity index (χ4v) is 1.32. The smallest absolute Gasteiger partial charge is 0.302 e. The van der Waals surface area contributed by atoms with Crippen LogP contribution in [0, 0.1) is 0 Å². The minimum atomic E-state index is -0.599. The summed E-state index contributed by atoms with van der Waals surface area (Å²) in [5, 5.41) is 3.65. The van der Waals surface area contributed by atoms with E-state index in [0.29, 0.717) is 10.9 Å². The number of hydrogen-bond acceptors (Lipinski definition) is 4. The van der Waals surface area contributed by atoms with E-state index >= 15 is 0 Å². The Morgan fingerprint density at radius 2 is 2.19 bits per heavy atom. The van der Waals surface area contributed by atoms with E-state index in [1.165, 1.54) is 0 Å². The van der Waals surface area contributed by atoms with E-state index in [4.69, 9.17) is 0 Å². The first-order valence-electron chi connectivity index (χ1n) is 4.47. The first-order valence-corrected chi connectivity index (χ1v) is 4.47. The molecule has 0 aliphatic rings. The number of amides is 1. The Hall–Kier alpha value is -2.50. The second kappa shape index (κ2) is 3.93. The van der Waals surface area contributed by atoms with E-state index in [1.807, 2.05) is 0 Å². The van der Waals surface area contributed by atoms with E-state index in [2.05, 4.69) is 27.2 Å². The molecule has 1 aromatic carbocycles. The molecule has 0 spiro atoms. The number of carbonyl (C=O) groups is 1. The fraction of sp³-hybridized carbons (Fsp3) is 0. The number of benzene rings is 1. The van der Waals surface area contributed by atoms with Crippen molar-refractivity contribution >= 4 is 23.5 Å². The van der Waals surface area contributed by atoms with Crippen molar-refractivity contribution in [2.45, 2.75) is 0 Å². The number of rotatable bonds is 2. The van der Waals surface area contributed by atoms with E-state index in [-0.39, 0.29) is 11.4 Å². The van der Waals surface area contributed by atoms with Gasteiger partial charge in [0.25, 0.3) is 5.56 Å². The van der Waals surface area contributed by atoms with Gasteiger partial charge in [-0.3, -0.25) is 9.59 Å². The van der Waals surface area contributed by atoms with Gasteiger partial charge < -0.3 is 4.98 Å². The van der Waals surface area contributed by atoms with Crippen LogP contribution in [0.4, 0.5) is 0 Å². The van der Waals surface area contributed by atoms with Crippen LogP contribution in [0.25, 0.3) is 10.9 Å². The normalized spacial score (nSPS) is 10.0. The van der Waals surface area contributed by atoms with Gasteiger partial charge in [-0.1, -0.05) is 12.1 Å². The first-order chi connectivity index (χ1) is 7.72. The van der Waals surface area contributed by atoms with Crippen LogP contribution in [0.5, 0.6) is 0 Å². The maximum absolute atomic E-state index is 11.6. The molecule has 0 atom stereocenters. The van der Waals surface area contributed by atoms with Crippen molar-refractivity contribution in [1.82, 2.24) is 15.4 Å². The van der Waals surface area contributed by atoms with Gasteiger partial charge in [0.05, 0.1) is 10.9 Å². The first kappa shape index (κ1) is 10.0. The molecule has 6 nitrogen and oxygen atoms in total. The Bertz CT molecular complexity index is 617. The molecule has 6 heteroatoms. The molecule has 2 rings (SSSR count). The number of carbonyl (C=O) groups excluding carboxylic acids is 1. The molecule has 1 amide bonds. The summed E-state index contributed by atoms with van der Waals surface area (Å²) in [6, 6.07) is 6.75. The highest BCUT2D eigenvalue weighted by Crippen LogP contribution is 2.05. The van der Waals surface area contributed by atoms with Crippen LogP contribution >= 0.6 is 0 Å². The highest BCUT2D eigenvalue weighted by atomic mass is 16.2. The molecule has 2 N–H and O–H groups in total. The van der Waals surface area contributed by atoms with Gasteiger partial charge in [0.1, 0.15) is 0 Å². The molecular formula is C10H8N4O2. The predicted molar refractivity (Wildman–Crippen MR) is 59.4 cm³/mol. The molecule has 0 unspecified atom stereocenters.